The summed E-state index contributed by atoms with van der Waals surface area (Å²) >= 11 is 0. The zero-order valence-electron chi connectivity index (χ0n) is 20.5. The van der Waals surface area contributed by atoms with Gasteiger partial charge in [-0.2, -0.15) is 0 Å². The van der Waals surface area contributed by atoms with Crippen LogP contribution in [-0.2, 0) is 13.1 Å². The molecule has 5 heteroatoms. The molecule has 0 aliphatic carbocycles. The van der Waals surface area contributed by atoms with Crippen molar-refractivity contribution in [2.24, 2.45) is 11.5 Å². The largest absolute Gasteiger partial charge is 0.351 e. The van der Waals surface area contributed by atoms with Crippen LogP contribution in [0.5, 0.6) is 0 Å². The molecule has 0 aliphatic heterocycles. The number of nitrogens with two attached hydrogens (primary N) is 2. The van der Waals surface area contributed by atoms with E-state index < -0.39 is 11.1 Å². The molecule has 2 aromatic heterocycles. The zero-order valence-corrected chi connectivity index (χ0v) is 20.5. The maximum atomic E-state index is 14.1. The molecule has 0 fully saturated rings. The number of nitrogens with zero attached hydrogens (tertiary/aromatic N) is 2. The fraction of sp³-hybridized carbons (Fsp3) is 0.276. The van der Waals surface area contributed by atoms with Gasteiger partial charge in [0.15, 0.2) is 5.78 Å². The molecule has 34 heavy (non-hydrogen) atoms. The predicted molar refractivity (Wildman–Crippen MR) is 140 cm³/mol. The van der Waals surface area contributed by atoms with Gasteiger partial charge >= 0.3 is 0 Å². The van der Waals surface area contributed by atoms with Gasteiger partial charge in [-0.15, -0.1) is 0 Å². The van der Waals surface area contributed by atoms with Crippen molar-refractivity contribution in [2.45, 2.75) is 51.9 Å². The third-order valence-electron chi connectivity index (χ3n) is 5.60. The Morgan fingerprint density at radius 1 is 0.647 bits per heavy atom. The average Bonchev–Trinajstić information content (AvgIpc) is 3.36. The number of hydrogen-bond acceptors (Lipinski definition) is 3. The number of ketones is 1. The minimum Gasteiger partial charge on any atom is -0.351 e. The van der Waals surface area contributed by atoms with Gasteiger partial charge in [0, 0.05) is 71.2 Å². The standard InChI is InChI=1S/C29H34N4O/c1-28(2,30)19-32-15-23(21-11-7-5-8-12-21)25(17-32)27(34)26-18-33(20-29(3,4)31)16-24(26)22-13-9-6-10-14-22/h5-18H,19-20,30-31H2,1-4H3. The summed E-state index contributed by atoms with van der Waals surface area (Å²) in [7, 11) is 0. The van der Waals surface area contributed by atoms with E-state index in [1.165, 1.54) is 0 Å². The number of hydrogen-bond donors (Lipinski definition) is 2. The number of benzene rings is 2. The van der Waals surface area contributed by atoms with Crippen LogP contribution in [0.1, 0.15) is 43.6 Å². The number of rotatable bonds is 8. The van der Waals surface area contributed by atoms with E-state index in [1.807, 2.05) is 122 Å². The van der Waals surface area contributed by atoms with Crippen LogP contribution in [0.4, 0.5) is 0 Å². The summed E-state index contributed by atoms with van der Waals surface area (Å²) in [4.78, 5) is 14.1. The maximum absolute atomic E-state index is 14.1. The lowest BCUT2D eigenvalue weighted by Gasteiger charge is -2.19. The highest BCUT2D eigenvalue weighted by molar-refractivity contribution is 6.16. The summed E-state index contributed by atoms with van der Waals surface area (Å²) in [6, 6.07) is 20.0. The van der Waals surface area contributed by atoms with Gasteiger partial charge in [-0.05, 0) is 38.8 Å². The fourth-order valence-electron chi connectivity index (χ4n) is 4.34. The summed E-state index contributed by atoms with van der Waals surface area (Å²) in [5.74, 6) is -0.0140. The van der Waals surface area contributed by atoms with Crippen molar-refractivity contribution < 1.29 is 4.79 Å². The molecule has 0 saturated heterocycles. The van der Waals surface area contributed by atoms with Gasteiger partial charge in [-0.1, -0.05) is 60.7 Å². The number of carbonyl (C=O) groups excluding carboxylic acids is 1. The molecule has 4 N–H and O–H groups in total. The summed E-state index contributed by atoms with van der Waals surface area (Å²) in [6.07, 6.45) is 7.91. The van der Waals surface area contributed by atoms with E-state index in [0.717, 1.165) is 22.3 Å². The molecule has 176 valence electrons. The van der Waals surface area contributed by atoms with Gasteiger partial charge in [-0.25, -0.2) is 0 Å². The molecule has 0 saturated carbocycles. The highest BCUT2D eigenvalue weighted by atomic mass is 16.1. The first-order valence-electron chi connectivity index (χ1n) is 11.6. The molecule has 0 unspecified atom stereocenters. The first-order valence-corrected chi connectivity index (χ1v) is 11.6. The molecule has 4 aromatic rings. The van der Waals surface area contributed by atoms with Crippen molar-refractivity contribution in [1.29, 1.82) is 0 Å². The van der Waals surface area contributed by atoms with Crippen LogP contribution in [0.25, 0.3) is 22.3 Å². The molecular formula is C29H34N4O. The van der Waals surface area contributed by atoms with Gasteiger partial charge in [0.05, 0.1) is 0 Å². The lowest BCUT2D eigenvalue weighted by atomic mass is 9.95. The molecule has 4 rings (SSSR count). The second kappa shape index (κ2) is 9.09. The van der Waals surface area contributed by atoms with E-state index >= 15 is 0 Å². The molecule has 0 spiro atoms. The van der Waals surface area contributed by atoms with Crippen LogP contribution >= 0.6 is 0 Å². The smallest absolute Gasteiger partial charge is 0.197 e. The van der Waals surface area contributed by atoms with E-state index in [2.05, 4.69) is 0 Å². The van der Waals surface area contributed by atoms with E-state index in [9.17, 15) is 4.79 Å². The Labute approximate surface area is 202 Å². The number of aromatic nitrogens is 2. The van der Waals surface area contributed by atoms with Crippen LogP contribution in [-0.4, -0.2) is 26.0 Å². The van der Waals surface area contributed by atoms with E-state index in [0.29, 0.717) is 24.2 Å². The highest BCUT2D eigenvalue weighted by Gasteiger charge is 2.24. The minimum absolute atomic E-state index is 0.0140. The quantitative estimate of drug-likeness (QED) is 0.353. The molecule has 0 atom stereocenters. The van der Waals surface area contributed by atoms with Crippen molar-refractivity contribution in [3.05, 3.63) is 96.6 Å². The molecule has 5 nitrogen and oxygen atoms in total. The number of carbonyl (C=O) groups is 1. The van der Waals surface area contributed by atoms with Crippen molar-refractivity contribution in [3.63, 3.8) is 0 Å². The SMILES string of the molecule is CC(C)(N)Cn1cc(C(=O)c2cn(CC(C)(C)N)cc2-c2ccccc2)c(-c2ccccc2)c1. The molecule has 0 radical (unpaired) electrons. The predicted octanol–water partition coefficient (Wildman–Crippen LogP) is 5.33. The van der Waals surface area contributed by atoms with Gasteiger partial charge in [0.2, 0.25) is 0 Å². The normalized spacial score (nSPS) is 12.2. The van der Waals surface area contributed by atoms with Gasteiger partial charge in [-0.3, -0.25) is 4.79 Å². The summed E-state index contributed by atoms with van der Waals surface area (Å²) in [5.41, 5.74) is 16.9. The lowest BCUT2D eigenvalue weighted by Crippen LogP contribution is -2.36. The molecule has 2 aromatic carbocycles. The van der Waals surface area contributed by atoms with E-state index in [4.69, 9.17) is 11.5 Å². The first kappa shape index (κ1) is 23.7. The van der Waals surface area contributed by atoms with Crippen molar-refractivity contribution in [2.75, 3.05) is 0 Å². The topological polar surface area (TPSA) is 79.0 Å². The Balaban J connectivity index is 1.85. The van der Waals surface area contributed by atoms with Crippen LogP contribution in [0.3, 0.4) is 0 Å². The average molecular weight is 455 g/mol. The van der Waals surface area contributed by atoms with Gasteiger partial charge in [0.1, 0.15) is 0 Å². The fourth-order valence-corrected chi connectivity index (χ4v) is 4.34. The second-order valence-electron chi connectivity index (χ2n) is 10.6. The van der Waals surface area contributed by atoms with Gasteiger partial charge < -0.3 is 20.6 Å². The van der Waals surface area contributed by atoms with Gasteiger partial charge in [0.25, 0.3) is 0 Å². The third-order valence-corrected chi connectivity index (χ3v) is 5.60. The van der Waals surface area contributed by atoms with Crippen LogP contribution < -0.4 is 11.5 Å². The molecule has 0 aliphatic rings. The highest BCUT2D eigenvalue weighted by Crippen LogP contribution is 2.32. The Kier molecular flexibility index (Phi) is 6.34. The van der Waals surface area contributed by atoms with Crippen LogP contribution in [0, 0.1) is 0 Å². The minimum atomic E-state index is -0.404. The summed E-state index contributed by atoms with van der Waals surface area (Å²) in [5, 5.41) is 0. The summed E-state index contributed by atoms with van der Waals surface area (Å²) in [6.45, 7) is 9.15. The molecule has 0 amide bonds. The lowest BCUT2D eigenvalue weighted by molar-refractivity contribution is 0.103. The Morgan fingerprint density at radius 3 is 1.32 bits per heavy atom. The van der Waals surface area contributed by atoms with Crippen molar-refractivity contribution in [1.82, 2.24) is 9.13 Å². The van der Waals surface area contributed by atoms with Crippen LogP contribution in [0.2, 0.25) is 0 Å². The Bertz CT molecular complexity index is 1170. The molecule has 0 bridgehead atoms. The second-order valence-corrected chi connectivity index (χ2v) is 10.6. The van der Waals surface area contributed by atoms with E-state index in [1.54, 1.807) is 0 Å². The van der Waals surface area contributed by atoms with Crippen LogP contribution in [0.15, 0.2) is 85.5 Å². The summed E-state index contributed by atoms with van der Waals surface area (Å²) < 4.78 is 4.05. The monoisotopic (exact) mass is 454 g/mol. The van der Waals surface area contributed by atoms with E-state index in [-0.39, 0.29) is 5.78 Å². The maximum Gasteiger partial charge on any atom is 0.197 e. The van der Waals surface area contributed by atoms with Crippen molar-refractivity contribution in [3.8, 4) is 22.3 Å². The Hall–Kier alpha value is -3.41. The Morgan fingerprint density at radius 2 is 1.00 bits per heavy atom. The molecular weight excluding hydrogens is 420 g/mol. The molecule has 2 heterocycles. The van der Waals surface area contributed by atoms with Crippen molar-refractivity contribution >= 4 is 5.78 Å². The zero-order chi connectivity index (χ0) is 24.5. The third kappa shape index (κ3) is 5.56. The first-order chi connectivity index (χ1) is 16.0.